The standard InChI is InChI=1S/C23H26N2O8/c1-30-17-11-12-19(31-2)18(13-17)25-21(27)14-33-22(28)6-4-5-20(26)24-16-9-7-15(8-10-16)23(29)32-3/h7-13H,4-6,14H2,1-3H3,(H,24,26)(H,25,27). The lowest BCUT2D eigenvalue weighted by molar-refractivity contribution is -0.147. The van der Waals surface area contributed by atoms with Gasteiger partial charge in [0, 0.05) is 24.6 Å². The fourth-order valence-electron chi connectivity index (χ4n) is 2.74. The molecule has 0 aliphatic heterocycles. The van der Waals surface area contributed by atoms with Gasteiger partial charge in [-0.25, -0.2) is 4.79 Å². The lowest BCUT2D eigenvalue weighted by Crippen LogP contribution is -2.21. The molecule has 0 saturated carbocycles. The van der Waals surface area contributed by atoms with E-state index in [0.29, 0.717) is 28.4 Å². The maximum Gasteiger partial charge on any atom is 0.337 e. The van der Waals surface area contributed by atoms with Crippen LogP contribution in [0.2, 0.25) is 0 Å². The molecule has 0 aromatic heterocycles. The van der Waals surface area contributed by atoms with Crippen molar-refractivity contribution in [3.05, 3.63) is 48.0 Å². The molecule has 0 atom stereocenters. The second-order valence-electron chi connectivity index (χ2n) is 6.75. The van der Waals surface area contributed by atoms with Crippen LogP contribution in [-0.2, 0) is 23.9 Å². The molecule has 0 unspecified atom stereocenters. The lowest BCUT2D eigenvalue weighted by Gasteiger charge is -2.12. The van der Waals surface area contributed by atoms with E-state index in [1.807, 2.05) is 0 Å². The Balaban J connectivity index is 1.70. The minimum atomic E-state index is -0.599. The molecule has 0 fully saturated rings. The minimum Gasteiger partial charge on any atom is -0.497 e. The van der Waals surface area contributed by atoms with Crippen LogP contribution in [0.3, 0.4) is 0 Å². The van der Waals surface area contributed by atoms with Crippen LogP contribution in [-0.4, -0.2) is 51.7 Å². The van der Waals surface area contributed by atoms with Crippen molar-refractivity contribution in [2.24, 2.45) is 0 Å². The molecule has 33 heavy (non-hydrogen) atoms. The number of esters is 2. The van der Waals surface area contributed by atoms with Crippen molar-refractivity contribution in [3.63, 3.8) is 0 Å². The number of anilines is 2. The van der Waals surface area contributed by atoms with Gasteiger partial charge in [0.2, 0.25) is 5.91 Å². The Labute approximate surface area is 191 Å². The molecule has 10 heteroatoms. The van der Waals surface area contributed by atoms with Crippen molar-refractivity contribution < 1.29 is 38.1 Å². The van der Waals surface area contributed by atoms with Crippen LogP contribution in [0.4, 0.5) is 11.4 Å². The van der Waals surface area contributed by atoms with Crippen molar-refractivity contribution in [1.29, 1.82) is 0 Å². The average molecular weight is 458 g/mol. The largest absolute Gasteiger partial charge is 0.497 e. The van der Waals surface area contributed by atoms with Gasteiger partial charge < -0.3 is 29.6 Å². The number of rotatable bonds is 11. The van der Waals surface area contributed by atoms with E-state index in [1.54, 1.807) is 30.3 Å². The summed E-state index contributed by atoms with van der Waals surface area (Å²) in [4.78, 5) is 47.4. The molecular formula is C23H26N2O8. The predicted molar refractivity (Wildman–Crippen MR) is 119 cm³/mol. The first-order chi connectivity index (χ1) is 15.9. The van der Waals surface area contributed by atoms with Crippen molar-refractivity contribution in [2.45, 2.75) is 19.3 Å². The highest BCUT2D eigenvalue weighted by molar-refractivity contribution is 5.95. The van der Waals surface area contributed by atoms with Crippen LogP contribution in [0.5, 0.6) is 11.5 Å². The number of amides is 2. The summed E-state index contributed by atoms with van der Waals surface area (Å²) in [5.74, 6) is -0.942. The van der Waals surface area contributed by atoms with E-state index in [-0.39, 0.29) is 25.2 Å². The number of hydrogen-bond donors (Lipinski definition) is 2. The van der Waals surface area contributed by atoms with Crippen molar-refractivity contribution >= 4 is 35.1 Å². The molecule has 2 aromatic rings. The molecule has 0 aliphatic rings. The van der Waals surface area contributed by atoms with Crippen LogP contribution in [0.25, 0.3) is 0 Å². The minimum absolute atomic E-state index is 0.0234. The summed E-state index contributed by atoms with van der Waals surface area (Å²) in [5, 5.41) is 5.26. The van der Waals surface area contributed by atoms with Crippen molar-refractivity contribution in [1.82, 2.24) is 0 Å². The van der Waals surface area contributed by atoms with E-state index in [2.05, 4.69) is 15.4 Å². The molecule has 0 bridgehead atoms. The first-order valence-corrected chi connectivity index (χ1v) is 10.0. The van der Waals surface area contributed by atoms with Crippen molar-refractivity contribution in [3.8, 4) is 11.5 Å². The average Bonchev–Trinajstić information content (AvgIpc) is 2.82. The monoisotopic (exact) mass is 458 g/mol. The zero-order valence-electron chi connectivity index (χ0n) is 18.6. The Morgan fingerprint density at radius 2 is 1.55 bits per heavy atom. The Kier molecular flexibility index (Phi) is 9.69. The van der Waals surface area contributed by atoms with Crippen LogP contribution in [0.15, 0.2) is 42.5 Å². The van der Waals surface area contributed by atoms with Gasteiger partial charge in [0.1, 0.15) is 11.5 Å². The summed E-state index contributed by atoms with van der Waals surface area (Å²) in [7, 11) is 4.24. The maximum atomic E-state index is 12.1. The van der Waals surface area contributed by atoms with Gasteiger partial charge in [-0.2, -0.15) is 0 Å². The van der Waals surface area contributed by atoms with E-state index >= 15 is 0 Å². The van der Waals surface area contributed by atoms with Gasteiger partial charge in [0.05, 0.1) is 32.6 Å². The van der Waals surface area contributed by atoms with E-state index in [9.17, 15) is 19.2 Å². The molecule has 2 aromatic carbocycles. The fourth-order valence-corrected chi connectivity index (χ4v) is 2.74. The van der Waals surface area contributed by atoms with E-state index in [1.165, 1.54) is 33.5 Å². The van der Waals surface area contributed by atoms with Crippen molar-refractivity contribution in [2.75, 3.05) is 38.6 Å². The van der Waals surface area contributed by atoms with Crippen LogP contribution in [0, 0.1) is 0 Å². The highest BCUT2D eigenvalue weighted by atomic mass is 16.5. The van der Waals surface area contributed by atoms with Crippen LogP contribution < -0.4 is 20.1 Å². The summed E-state index contributed by atoms with van der Waals surface area (Å²) in [5.41, 5.74) is 1.26. The third-order valence-corrected chi connectivity index (χ3v) is 4.42. The molecule has 0 heterocycles. The zero-order chi connectivity index (χ0) is 24.2. The number of carbonyl (C=O) groups excluding carboxylic acids is 4. The van der Waals surface area contributed by atoms with Gasteiger partial charge >= 0.3 is 11.9 Å². The maximum absolute atomic E-state index is 12.1. The number of nitrogens with one attached hydrogen (secondary N) is 2. The molecule has 2 amide bonds. The van der Waals surface area contributed by atoms with Gasteiger partial charge in [-0.05, 0) is 42.8 Å². The zero-order valence-corrected chi connectivity index (χ0v) is 18.6. The summed E-state index contributed by atoms with van der Waals surface area (Å²) >= 11 is 0. The molecule has 0 aliphatic carbocycles. The predicted octanol–water partition coefficient (Wildman–Crippen LogP) is 2.78. The van der Waals surface area contributed by atoms with Gasteiger partial charge in [-0.3, -0.25) is 14.4 Å². The van der Waals surface area contributed by atoms with Gasteiger partial charge in [0.15, 0.2) is 6.61 Å². The Hall–Kier alpha value is -4.08. The lowest BCUT2D eigenvalue weighted by atomic mass is 10.2. The Morgan fingerprint density at radius 3 is 2.18 bits per heavy atom. The van der Waals surface area contributed by atoms with Gasteiger partial charge in [-0.15, -0.1) is 0 Å². The van der Waals surface area contributed by atoms with Gasteiger partial charge in [0.25, 0.3) is 5.91 Å². The number of hydrogen-bond acceptors (Lipinski definition) is 8. The number of carbonyl (C=O) groups is 4. The Bertz CT molecular complexity index is 988. The van der Waals surface area contributed by atoms with Gasteiger partial charge in [-0.1, -0.05) is 0 Å². The van der Waals surface area contributed by atoms with Crippen LogP contribution >= 0.6 is 0 Å². The number of ether oxygens (including phenoxy) is 4. The first-order valence-electron chi connectivity index (χ1n) is 10.0. The van der Waals surface area contributed by atoms with E-state index < -0.39 is 24.5 Å². The molecular weight excluding hydrogens is 432 g/mol. The summed E-state index contributed by atoms with van der Waals surface area (Å²) < 4.78 is 19.9. The molecule has 176 valence electrons. The molecule has 2 N–H and O–H groups in total. The van der Waals surface area contributed by atoms with E-state index in [4.69, 9.17) is 14.2 Å². The first kappa shape index (κ1) is 25.2. The molecule has 0 saturated heterocycles. The van der Waals surface area contributed by atoms with E-state index in [0.717, 1.165) is 0 Å². The van der Waals surface area contributed by atoms with Crippen LogP contribution in [0.1, 0.15) is 29.6 Å². The third-order valence-electron chi connectivity index (χ3n) is 4.42. The number of methoxy groups -OCH3 is 3. The molecule has 0 spiro atoms. The normalized spacial score (nSPS) is 10.0. The molecule has 2 rings (SSSR count). The summed E-state index contributed by atoms with van der Waals surface area (Å²) in [6.45, 7) is -0.474. The number of benzene rings is 2. The fraction of sp³-hybridized carbons (Fsp3) is 0.304. The highest BCUT2D eigenvalue weighted by Crippen LogP contribution is 2.28. The SMILES string of the molecule is COC(=O)c1ccc(NC(=O)CCCC(=O)OCC(=O)Nc2cc(OC)ccc2OC)cc1. The summed E-state index contributed by atoms with van der Waals surface area (Å²) in [6.07, 6.45) is 0.307. The second-order valence-corrected chi connectivity index (χ2v) is 6.75. The summed E-state index contributed by atoms with van der Waals surface area (Å²) in [6, 6.07) is 11.1. The topological polar surface area (TPSA) is 129 Å². The molecule has 10 nitrogen and oxygen atoms in total. The quantitative estimate of drug-likeness (QED) is 0.492. The molecule has 0 radical (unpaired) electrons. The third kappa shape index (κ3) is 8.17. The Morgan fingerprint density at radius 1 is 0.818 bits per heavy atom. The second kappa shape index (κ2) is 12.7. The smallest absolute Gasteiger partial charge is 0.337 e. The highest BCUT2D eigenvalue weighted by Gasteiger charge is 2.13.